The molecule has 1 fully saturated rings. The van der Waals surface area contributed by atoms with Crippen LogP contribution >= 0.6 is 0 Å². The summed E-state index contributed by atoms with van der Waals surface area (Å²) in [4.78, 5) is 19.4. The van der Waals surface area contributed by atoms with Crippen molar-refractivity contribution in [3.8, 4) is 0 Å². The molecule has 2 N–H and O–H groups in total. The van der Waals surface area contributed by atoms with E-state index in [4.69, 9.17) is 0 Å². The summed E-state index contributed by atoms with van der Waals surface area (Å²) in [5.41, 5.74) is 1.85. The summed E-state index contributed by atoms with van der Waals surface area (Å²) >= 11 is 0. The highest BCUT2D eigenvalue weighted by Gasteiger charge is 2.26. The molecule has 2 unspecified atom stereocenters. The largest absolute Gasteiger partial charge is 0.310 e. The van der Waals surface area contributed by atoms with E-state index in [1.54, 1.807) is 0 Å². The number of nitrogens with one attached hydrogen (secondary N) is 2. The lowest BCUT2D eigenvalue weighted by atomic mass is 10.1. The van der Waals surface area contributed by atoms with Gasteiger partial charge in [0.1, 0.15) is 5.82 Å². The molecular weight excluding hydrogens is 202 g/mol. The number of fused-ring (bicyclic) bond motifs is 1. The molecule has 0 aromatic carbocycles. The van der Waals surface area contributed by atoms with Crippen molar-refractivity contribution in [1.82, 2.24) is 15.3 Å². The van der Waals surface area contributed by atoms with Crippen LogP contribution in [0, 0.1) is 5.92 Å². The van der Waals surface area contributed by atoms with Gasteiger partial charge in [-0.2, -0.15) is 0 Å². The Morgan fingerprint density at radius 3 is 2.94 bits per heavy atom. The predicted molar refractivity (Wildman–Crippen MR) is 61.2 cm³/mol. The van der Waals surface area contributed by atoms with Crippen molar-refractivity contribution in [2.75, 3.05) is 0 Å². The minimum atomic E-state index is 0.0598. The summed E-state index contributed by atoms with van der Waals surface area (Å²) in [5.74, 6) is 2.15. The van der Waals surface area contributed by atoms with E-state index in [-0.39, 0.29) is 5.56 Å². The maximum absolute atomic E-state index is 11.8. The van der Waals surface area contributed by atoms with E-state index in [0.29, 0.717) is 12.5 Å². The number of rotatable bonds is 1. The molecule has 86 valence electrons. The van der Waals surface area contributed by atoms with Gasteiger partial charge >= 0.3 is 0 Å². The van der Waals surface area contributed by atoms with Gasteiger partial charge < -0.3 is 10.3 Å². The standard InChI is InChI=1S/C12H17N3O/c1-7-2-3-8(4-7)11-14-10-6-13-5-9(10)12(16)15-11/h7-8,13H,2-6H2,1H3,(H,14,15,16). The van der Waals surface area contributed by atoms with Crippen molar-refractivity contribution >= 4 is 0 Å². The van der Waals surface area contributed by atoms with E-state index in [2.05, 4.69) is 22.2 Å². The molecule has 1 aromatic rings. The smallest absolute Gasteiger partial charge is 0.255 e. The average Bonchev–Trinajstić information content (AvgIpc) is 2.85. The molecule has 1 saturated carbocycles. The van der Waals surface area contributed by atoms with E-state index < -0.39 is 0 Å². The van der Waals surface area contributed by atoms with Crippen LogP contribution in [0.25, 0.3) is 0 Å². The molecule has 2 aliphatic rings. The fourth-order valence-electron chi connectivity index (χ4n) is 2.85. The van der Waals surface area contributed by atoms with E-state index in [9.17, 15) is 4.79 Å². The second-order valence-electron chi connectivity index (χ2n) is 5.10. The molecule has 1 aliphatic carbocycles. The Kier molecular flexibility index (Phi) is 2.32. The molecule has 0 bridgehead atoms. The van der Waals surface area contributed by atoms with Gasteiger partial charge in [0.2, 0.25) is 0 Å². The lowest BCUT2D eigenvalue weighted by Crippen LogP contribution is -2.18. The highest BCUT2D eigenvalue weighted by molar-refractivity contribution is 5.22. The third kappa shape index (κ3) is 1.57. The number of hydrogen-bond donors (Lipinski definition) is 2. The van der Waals surface area contributed by atoms with Crippen LogP contribution in [0.4, 0.5) is 0 Å². The first-order chi connectivity index (χ1) is 7.74. The van der Waals surface area contributed by atoms with Gasteiger partial charge in [-0.1, -0.05) is 6.92 Å². The van der Waals surface area contributed by atoms with E-state index in [1.165, 1.54) is 6.42 Å². The average molecular weight is 219 g/mol. The van der Waals surface area contributed by atoms with Gasteiger partial charge in [0, 0.05) is 19.0 Å². The molecule has 0 amide bonds. The summed E-state index contributed by atoms with van der Waals surface area (Å²) < 4.78 is 0. The fourth-order valence-corrected chi connectivity index (χ4v) is 2.85. The third-order valence-electron chi connectivity index (χ3n) is 3.80. The number of aromatic amines is 1. The SMILES string of the molecule is CC1CCC(c2nc3c(c(=O)[nH]2)CNC3)C1. The first-order valence-corrected chi connectivity index (χ1v) is 6.06. The van der Waals surface area contributed by atoms with E-state index in [0.717, 1.165) is 42.4 Å². The molecule has 16 heavy (non-hydrogen) atoms. The van der Waals surface area contributed by atoms with Crippen LogP contribution in [-0.4, -0.2) is 9.97 Å². The van der Waals surface area contributed by atoms with Crippen molar-refractivity contribution in [3.05, 3.63) is 27.4 Å². The Morgan fingerprint density at radius 2 is 2.19 bits per heavy atom. The Morgan fingerprint density at radius 1 is 1.31 bits per heavy atom. The maximum Gasteiger partial charge on any atom is 0.255 e. The van der Waals surface area contributed by atoms with Gasteiger partial charge in [-0.3, -0.25) is 4.79 Å². The minimum Gasteiger partial charge on any atom is -0.310 e. The second kappa shape index (κ2) is 3.70. The molecule has 4 heteroatoms. The second-order valence-corrected chi connectivity index (χ2v) is 5.10. The van der Waals surface area contributed by atoms with Crippen molar-refractivity contribution in [1.29, 1.82) is 0 Å². The van der Waals surface area contributed by atoms with Crippen molar-refractivity contribution in [3.63, 3.8) is 0 Å². The predicted octanol–water partition coefficient (Wildman–Crippen LogP) is 1.28. The Hall–Kier alpha value is -1.16. The Labute approximate surface area is 94.5 Å². The molecule has 1 aliphatic heterocycles. The Balaban J connectivity index is 1.97. The molecule has 0 spiro atoms. The molecule has 2 atom stereocenters. The van der Waals surface area contributed by atoms with Crippen LogP contribution in [0.2, 0.25) is 0 Å². The lowest BCUT2D eigenvalue weighted by Gasteiger charge is -2.09. The monoisotopic (exact) mass is 219 g/mol. The van der Waals surface area contributed by atoms with E-state index >= 15 is 0 Å². The van der Waals surface area contributed by atoms with Crippen molar-refractivity contribution in [2.45, 2.75) is 45.2 Å². The quantitative estimate of drug-likeness (QED) is 0.748. The van der Waals surface area contributed by atoms with Gasteiger partial charge in [0.25, 0.3) is 5.56 Å². The van der Waals surface area contributed by atoms with E-state index in [1.807, 2.05) is 0 Å². The van der Waals surface area contributed by atoms with Crippen LogP contribution in [0.15, 0.2) is 4.79 Å². The molecule has 3 rings (SSSR count). The highest BCUT2D eigenvalue weighted by atomic mass is 16.1. The summed E-state index contributed by atoms with van der Waals surface area (Å²) in [7, 11) is 0. The summed E-state index contributed by atoms with van der Waals surface area (Å²) in [6.07, 6.45) is 3.58. The minimum absolute atomic E-state index is 0.0598. The maximum atomic E-state index is 11.8. The van der Waals surface area contributed by atoms with Crippen molar-refractivity contribution < 1.29 is 0 Å². The first-order valence-electron chi connectivity index (χ1n) is 6.06. The van der Waals surface area contributed by atoms with Crippen molar-refractivity contribution in [2.24, 2.45) is 5.92 Å². The number of aromatic nitrogens is 2. The summed E-state index contributed by atoms with van der Waals surface area (Å²) in [6, 6.07) is 0. The molecular formula is C12H17N3O. The van der Waals surface area contributed by atoms with Crippen LogP contribution in [0.3, 0.4) is 0 Å². The molecule has 0 saturated heterocycles. The third-order valence-corrected chi connectivity index (χ3v) is 3.80. The number of nitrogens with zero attached hydrogens (tertiary/aromatic N) is 1. The van der Waals surface area contributed by atoms with Gasteiger partial charge in [-0.05, 0) is 25.2 Å². The molecule has 2 heterocycles. The highest BCUT2D eigenvalue weighted by Crippen LogP contribution is 2.36. The zero-order valence-electron chi connectivity index (χ0n) is 9.55. The van der Waals surface area contributed by atoms with Gasteiger partial charge in [-0.15, -0.1) is 0 Å². The molecule has 1 aromatic heterocycles. The van der Waals surface area contributed by atoms with Crippen LogP contribution in [0.1, 0.15) is 49.2 Å². The first kappa shape index (κ1) is 10.0. The number of H-pyrrole nitrogens is 1. The van der Waals surface area contributed by atoms with Gasteiger partial charge in [0.15, 0.2) is 0 Å². The molecule has 0 radical (unpaired) electrons. The lowest BCUT2D eigenvalue weighted by molar-refractivity contribution is 0.582. The zero-order chi connectivity index (χ0) is 11.1. The fraction of sp³-hybridized carbons (Fsp3) is 0.667. The van der Waals surface area contributed by atoms with Crippen LogP contribution < -0.4 is 10.9 Å². The van der Waals surface area contributed by atoms with Gasteiger partial charge in [-0.25, -0.2) is 4.98 Å². The topological polar surface area (TPSA) is 57.8 Å². The zero-order valence-corrected chi connectivity index (χ0v) is 9.55. The van der Waals surface area contributed by atoms with Crippen LogP contribution in [0.5, 0.6) is 0 Å². The Bertz CT molecular complexity index is 466. The summed E-state index contributed by atoms with van der Waals surface area (Å²) in [5, 5.41) is 3.17. The number of hydrogen-bond acceptors (Lipinski definition) is 3. The summed E-state index contributed by atoms with van der Waals surface area (Å²) in [6.45, 7) is 3.68. The molecule has 4 nitrogen and oxygen atoms in total. The van der Waals surface area contributed by atoms with Crippen LogP contribution in [-0.2, 0) is 13.1 Å². The van der Waals surface area contributed by atoms with Gasteiger partial charge in [0.05, 0.1) is 11.3 Å². The normalized spacial score (nSPS) is 28.3.